The molecule has 0 bridgehead atoms. The molecule has 1 aliphatic carbocycles. The highest BCUT2D eigenvalue weighted by Gasteiger charge is 2.32. The van der Waals surface area contributed by atoms with E-state index in [2.05, 4.69) is 10.1 Å². The smallest absolute Gasteiger partial charge is 0.243 e. The van der Waals surface area contributed by atoms with E-state index in [1.54, 1.807) is 16.4 Å². The molecular weight excluding hydrogens is 374 g/mol. The second-order valence-corrected chi connectivity index (χ2v) is 9.84. The number of hydrogen-bond acceptors (Lipinski definition) is 5. The highest BCUT2D eigenvalue weighted by molar-refractivity contribution is 7.89. The van der Waals surface area contributed by atoms with E-state index >= 15 is 0 Å². The van der Waals surface area contributed by atoms with Crippen LogP contribution in [0.15, 0.2) is 51.9 Å². The molecule has 0 radical (unpaired) electrons. The number of benzene rings is 2. The zero-order valence-electron chi connectivity index (χ0n) is 15.6. The second kappa shape index (κ2) is 6.97. The summed E-state index contributed by atoms with van der Waals surface area (Å²) < 4.78 is 33.4. The van der Waals surface area contributed by atoms with Crippen molar-refractivity contribution in [2.45, 2.75) is 42.9 Å². The summed E-state index contributed by atoms with van der Waals surface area (Å²) >= 11 is 0. The Bertz CT molecular complexity index is 1100. The van der Waals surface area contributed by atoms with Crippen molar-refractivity contribution in [3.8, 4) is 0 Å². The maximum Gasteiger partial charge on any atom is 0.243 e. The van der Waals surface area contributed by atoms with Crippen LogP contribution in [0.25, 0.3) is 10.8 Å². The summed E-state index contributed by atoms with van der Waals surface area (Å²) in [6, 6.07) is 13.2. The van der Waals surface area contributed by atoms with Crippen LogP contribution in [0, 0.1) is 5.92 Å². The minimum Gasteiger partial charge on any atom is -0.339 e. The Morgan fingerprint density at radius 2 is 1.89 bits per heavy atom. The summed E-state index contributed by atoms with van der Waals surface area (Å²) in [5, 5.41) is 6.05. The normalized spacial score (nSPS) is 21.2. The van der Waals surface area contributed by atoms with E-state index in [0.29, 0.717) is 36.2 Å². The zero-order chi connectivity index (χ0) is 19.1. The Kier molecular flexibility index (Phi) is 4.44. The van der Waals surface area contributed by atoms with Gasteiger partial charge >= 0.3 is 0 Å². The van der Waals surface area contributed by atoms with E-state index in [1.807, 2.05) is 30.3 Å². The quantitative estimate of drug-likeness (QED) is 0.655. The Balaban J connectivity index is 1.33. The van der Waals surface area contributed by atoms with Crippen molar-refractivity contribution in [1.29, 1.82) is 0 Å². The van der Waals surface area contributed by atoms with Crippen LogP contribution in [-0.2, 0) is 16.4 Å². The van der Waals surface area contributed by atoms with Crippen LogP contribution in [-0.4, -0.2) is 36.0 Å². The summed E-state index contributed by atoms with van der Waals surface area (Å²) in [5.41, 5.74) is 0. The number of fused-ring (bicyclic) bond motifs is 1. The summed E-state index contributed by atoms with van der Waals surface area (Å²) in [4.78, 5) is 4.86. The van der Waals surface area contributed by atoms with Gasteiger partial charge in [0, 0.05) is 25.4 Å². The van der Waals surface area contributed by atoms with Gasteiger partial charge in [0.15, 0.2) is 5.82 Å². The van der Waals surface area contributed by atoms with Crippen LogP contribution in [0.5, 0.6) is 0 Å². The van der Waals surface area contributed by atoms with Gasteiger partial charge in [-0.2, -0.15) is 9.29 Å². The number of rotatable bonds is 5. The lowest BCUT2D eigenvalue weighted by molar-refractivity contribution is 0.247. The van der Waals surface area contributed by atoms with Gasteiger partial charge in [-0.3, -0.25) is 0 Å². The molecule has 7 heteroatoms. The van der Waals surface area contributed by atoms with Crippen LogP contribution in [0.3, 0.4) is 0 Å². The van der Waals surface area contributed by atoms with E-state index in [-0.39, 0.29) is 5.92 Å². The molecule has 1 saturated heterocycles. The molecule has 1 unspecified atom stereocenters. The maximum atomic E-state index is 13.2. The standard InChI is InChI=1S/C21H23N3O3S/c25-28(26,19-10-9-16-5-1-2-6-18(16)13-19)24-11-3-4-15(14-24)12-20-22-21(23-27-20)17-7-8-17/h1-2,5-6,9-10,13,15,17H,3-4,7-8,11-12,14H2. The number of piperidine rings is 1. The van der Waals surface area contributed by atoms with Crippen molar-refractivity contribution >= 4 is 20.8 Å². The third-order valence-electron chi connectivity index (χ3n) is 5.73. The molecule has 146 valence electrons. The number of aromatic nitrogens is 2. The minimum atomic E-state index is -3.51. The van der Waals surface area contributed by atoms with Gasteiger partial charge in [-0.05, 0) is 54.5 Å². The van der Waals surface area contributed by atoms with Gasteiger partial charge in [0.05, 0.1) is 4.90 Å². The van der Waals surface area contributed by atoms with Crippen molar-refractivity contribution in [2.24, 2.45) is 5.92 Å². The molecule has 2 heterocycles. The van der Waals surface area contributed by atoms with Gasteiger partial charge in [0.2, 0.25) is 15.9 Å². The van der Waals surface area contributed by atoms with E-state index in [4.69, 9.17) is 4.52 Å². The Hall–Kier alpha value is -2.25. The lowest BCUT2D eigenvalue weighted by atomic mass is 9.96. The second-order valence-electron chi connectivity index (χ2n) is 7.90. The van der Waals surface area contributed by atoms with Crippen LogP contribution in [0.4, 0.5) is 0 Å². The predicted octanol–water partition coefficient (Wildman–Crippen LogP) is 3.74. The topological polar surface area (TPSA) is 76.3 Å². The minimum absolute atomic E-state index is 0.205. The first-order valence-electron chi connectivity index (χ1n) is 9.91. The average Bonchev–Trinajstić information content (AvgIpc) is 3.47. The molecule has 0 spiro atoms. The van der Waals surface area contributed by atoms with Gasteiger partial charge in [0.1, 0.15) is 0 Å². The van der Waals surface area contributed by atoms with Gasteiger partial charge in [-0.1, -0.05) is 35.5 Å². The Labute approximate surface area is 164 Å². The molecule has 2 aromatic carbocycles. The van der Waals surface area contributed by atoms with Crippen molar-refractivity contribution in [3.63, 3.8) is 0 Å². The SMILES string of the molecule is O=S(=O)(c1ccc2ccccc2c1)N1CCCC(Cc2nc(C3CC3)no2)C1. The van der Waals surface area contributed by atoms with Gasteiger partial charge in [-0.25, -0.2) is 8.42 Å². The molecular formula is C21H23N3O3S. The number of nitrogens with zero attached hydrogens (tertiary/aromatic N) is 3. The van der Waals surface area contributed by atoms with Crippen LogP contribution < -0.4 is 0 Å². The van der Waals surface area contributed by atoms with Gasteiger partial charge in [0.25, 0.3) is 0 Å². The molecule has 1 aromatic heterocycles. The first kappa shape index (κ1) is 17.8. The largest absolute Gasteiger partial charge is 0.339 e. The maximum absolute atomic E-state index is 13.2. The molecule has 3 aromatic rings. The third-order valence-corrected chi connectivity index (χ3v) is 7.59. The summed E-state index contributed by atoms with van der Waals surface area (Å²) in [5.74, 6) is 2.12. The molecule has 5 rings (SSSR count). The molecule has 1 saturated carbocycles. The highest BCUT2D eigenvalue weighted by Crippen LogP contribution is 2.38. The highest BCUT2D eigenvalue weighted by atomic mass is 32.2. The number of hydrogen-bond donors (Lipinski definition) is 0. The fourth-order valence-corrected chi connectivity index (χ4v) is 5.58. The summed E-state index contributed by atoms with van der Waals surface area (Å²) in [6.45, 7) is 1.05. The lowest BCUT2D eigenvalue weighted by Crippen LogP contribution is -2.40. The Morgan fingerprint density at radius 1 is 1.07 bits per heavy atom. The molecule has 1 atom stereocenters. The van der Waals surface area contributed by atoms with Gasteiger partial charge < -0.3 is 4.52 Å². The molecule has 28 heavy (non-hydrogen) atoms. The molecule has 6 nitrogen and oxygen atoms in total. The molecule has 0 N–H and O–H groups in total. The zero-order valence-corrected chi connectivity index (χ0v) is 16.4. The first-order valence-corrected chi connectivity index (χ1v) is 11.3. The first-order chi connectivity index (χ1) is 13.6. The van der Waals surface area contributed by atoms with Crippen molar-refractivity contribution in [2.75, 3.05) is 13.1 Å². The molecule has 2 aliphatic rings. The molecule has 0 amide bonds. The van der Waals surface area contributed by atoms with E-state index in [1.165, 1.54) is 0 Å². The van der Waals surface area contributed by atoms with Crippen molar-refractivity contribution in [1.82, 2.24) is 14.4 Å². The van der Waals surface area contributed by atoms with Crippen LogP contribution >= 0.6 is 0 Å². The fraction of sp³-hybridized carbons (Fsp3) is 0.429. The third kappa shape index (κ3) is 3.44. The van der Waals surface area contributed by atoms with Gasteiger partial charge in [-0.15, -0.1) is 0 Å². The van der Waals surface area contributed by atoms with Crippen LogP contribution in [0.1, 0.15) is 43.3 Å². The van der Waals surface area contributed by atoms with Crippen molar-refractivity contribution in [3.05, 3.63) is 54.2 Å². The molecule has 2 fully saturated rings. The van der Waals surface area contributed by atoms with E-state index in [0.717, 1.165) is 42.3 Å². The predicted molar refractivity (Wildman–Crippen MR) is 105 cm³/mol. The Morgan fingerprint density at radius 3 is 2.71 bits per heavy atom. The van der Waals surface area contributed by atoms with Crippen molar-refractivity contribution < 1.29 is 12.9 Å². The monoisotopic (exact) mass is 397 g/mol. The summed E-state index contributed by atoms with van der Waals surface area (Å²) in [6.07, 6.45) is 4.75. The summed E-state index contributed by atoms with van der Waals surface area (Å²) in [7, 11) is -3.51. The lowest BCUT2D eigenvalue weighted by Gasteiger charge is -2.31. The number of sulfonamides is 1. The van der Waals surface area contributed by atoms with E-state index < -0.39 is 10.0 Å². The fourth-order valence-electron chi connectivity index (χ4n) is 3.99. The van der Waals surface area contributed by atoms with E-state index in [9.17, 15) is 8.42 Å². The molecule has 1 aliphatic heterocycles. The average molecular weight is 398 g/mol. The van der Waals surface area contributed by atoms with Crippen LogP contribution in [0.2, 0.25) is 0 Å².